The lowest BCUT2D eigenvalue weighted by atomic mass is 10.1. The Morgan fingerprint density at radius 3 is 2.26 bits per heavy atom. The fourth-order valence-corrected chi connectivity index (χ4v) is 2.25. The van der Waals surface area contributed by atoms with E-state index in [4.69, 9.17) is 0 Å². The molecule has 0 N–H and O–H groups in total. The Labute approximate surface area is 119 Å². The monoisotopic (exact) mass is 310 g/mol. The second-order valence-electron chi connectivity index (χ2n) is 4.18. The van der Waals surface area contributed by atoms with Gasteiger partial charge in [-0.15, -0.1) is 5.11 Å². The van der Waals surface area contributed by atoms with E-state index in [-0.39, 0.29) is 0 Å². The number of benzene rings is 3. The maximum Gasteiger partial charge on any atom is 0.0998 e. The third kappa shape index (κ3) is 2.71. The van der Waals surface area contributed by atoms with Gasteiger partial charge in [-0.05, 0) is 51.0 Å². The van der Waals surface area contributed by atoms with Crippen LogP contribution in [0, 0.1) is 0 Å². The van der Waals surface area contributed by atoms with Gasteiger partial charge in [0.2, 0.25) is 0 Å². The van der Waals surface area contributed by atoms with Crippen molar-refractivity contribution in [2.24, 2.45) is 10.2 Å². The van der Waals surface area contributed by atoms with E-state index in [1.54, 1.807) is 0 Å². The summed E-state index contributed by atoms with van der Waals surface area (Å²) in [6.07, 6.45) is 0. The molecule has 2 nitrogen and oxygen atoms in total. The van der Waals surface area contributed by atoms with Gasteiger partial charge in [0.1, 0.15) is 0 Å². The van der Waals surface area contributed by atoms with Crippen molar-refractivity contribution in [2.45, 2.75) is 0 Å². The molecule has 0 bridgehead atoms. The highest BCUT2D eigenvalue weighted by Gasteiger charge is 1.97. The zero-order valence-corrected chi connectivity index (χ0v) is 11.7. The number of hydrogen-bond acceptors (Lipinski definition) is 2. The molecule has 3 heteroatoms. The number of fused-ring (bicyclic) bond motifs is 1. The van der Waals surface area contributed by atoms with Crippen molar-refractivity contribution in [3.63, 3.8) is 0 Å². The van der Waals surface area contributed by atoms with Crippen LogP contribution < -0.4 is 0 Å². The molecule has 0 aliphatic carbocycles. The van der Waals surface area contributed by atoms with Crippen molar-refractivity contribution < 1.29 is 0 Å². The minimum absolute atomic E-state index is 0.829. The first kappa shape index (κ1) is 12.1. The number of halogens is 1. The molecule has 0 aromatic heterocycles. The SMILES string of the molecule is Brc1ccccc1N=Nc1ccc2ccccc2c1. The Bertz CT molecular complexity index is 750. The molecule has 0 heterocycles. The third-order valence-corrected chi connectivity index (χ3v) is 3.53. The summed E-state index contributed by atoms with van der Waals surface area (Å²) in [5.41, 5.74) is 1.69. The summed E-state index contributed by atoms with van der Waals surface area (Å²) in [6.45, 7) is 0. The molecule has 0 unspecified atom stereocenters. The van der Waals surface area contributed by atoms with Crippen LogP contribution in [0.1, 0.15) is 0 Å². The maximum absolute atomic E-state index is 4.28. The van der Waals surface area contributed by atoms with Crippen molar-refractivity contribution in [2.75, 3.05) is 0 Å². The average Bonchev–Trinajstić information content (AvgIpc) is 2.46. The van der Waals surface area contributed by atoms with Gasteiger partial charge in [0.05, 0.1) is 11.4 Å². The zero-order chi connectivity index (χ0) is 13.1. The van der Waals surface area contributed by atoms with E-state index < -0.39 is 0 Å². The average molecular weight is 311 g/mol. The second-order valence-corrected chi connectivity index (χ2v) is 5.04. The molecule has 19 heavy (non-hydrogen) atoms. The van der Waals surface area contributed by atoms with Crippen LogP contribution in [0.4, 0.5) is 11.4 Å². The molecule has 0 spiro atoms. The van der Waals surface area contributed by atoms with Crippen LogP contribution in [0.3, 0.4) is 0 Å². The number of azo groups is 1. The van der Waals surface area contributed by atoms with Gasteiger partial charge in [0.25, 0.3) is 0 Å². The lowest BCUT2D eigenvalue weighted by molar-refractivity contribution is 1.23. The first-order chi connectivity index (χ1) is 9.33. The Morgan fingerprint density at radius 2 is 1.42 bits per heavy atom. The molecule has 92 valence electrons. The highest BCUT2D eigenvalue weighted by atomic mass is 79.9. The van der Waals surface area contributed by atoms with Crippen molar-refractivity contribution in [3.8, 4) is 0 Å². The largest absolute Gasteiger partial charge is 0.151 e. The lowest BCUT2D eigenvalue weighted by Crippen LogP contribution is -1.71. The molecule has 0 aliphatic heterocycles. The van der Waals surface area contributed by atoms with Crippen molar-refractivity contribution in [3.05, 3.63) is 71.2 Å². The molecule has 3 aromatic rings. The predicted octanol–water partition coefficient (Wildman–Crippen LogP) is 6.02. The van der Waals surface area contributed by atoms with Crippen LogP contribution in [0.15, 0.2) is 81.4 Å². The standard InChI is InChI=1S/C16H11BrN2/c17-15-7-3-4-8-16(15)19-18-14-10-9-12-5-1-2-6-13(12)11-14/h1-11H. The number of nitrogens with zero attached hydrogens (tertiary/aromatic N) is 2. The predicted molar refractivity (Wildman–Crippen MR) is 82.3 cm³/mol. The highest BCUT2D eigenvalue weighted by Crippen LogP contribution is 2.27. The van der Waals surface area contributed by atoms with Gasteiger partial charge in [-0.3, -0.25) is 0 Å². The molecule has 0 saturated carbocycles. The number of rotatable bonds is 2. The quantitative estimate of drug-likeness (QED) is 0.517. The zero-order valence-electron chi connectivity index (χ0n) is 10.1. The van der Waals surface area contributed by atoms with Gasteiger partial charge >= 0.3 is 0 Å². The van der Waals surface area contributed by atoms with E-state index in [2.05, 4.69) is 44.4 Å². The molecule has 0 aliphatic rings. The van der Waals surface area contributed by atoms with E-state index in [0.717, 1.165) is 15.8 Å². The van der Waals surface area contributed by atoms with Crippen molar-refractivity contribution in [1.29, 1.82) is 0 Å². The third-order valence-electron chi connectivity index (χ3n) is 2.86. The van der Waals surface area contributed by atoms with Crippen LogP contribution in [0.5, 0.6) is 0 Å². The molecule has 0 atom stereocenters. The maximum atomic E-state index is 4.28. The van der Waals surface area contributed by atoms with Crippen molar-refractivity contribution in [1.82, 2.24) is 0 Å². The van der Waals surface area contributed by atoms with E-state index in [1.807, 2.05) is 48.5 Å². The molecule has 0 saturated heterocycles. The molecular weight excluding hydrogens is 300 g/mol. The van der Waals surface area contributed by atoms with E-state index >= 15 is 0 Å². The summed E-state index contributed by atoms with van der Waals surface area (Å²) in [6, 6.07) is 22.1. The number of hydrogen-bond donors (Lipinski definition) is 0. The van der Waals surface area contributed by atoms with Gasteiger partial charge < -0.3 is 0 Å². The Kier molecular flexibility index (Phi) is 3.38. The minimum Gasteiger partial charge on any atom is -0.151 e. The molecule has 3 aromatic carbocycles. The van der Waals surface area contributed by atoms with Gasteiger partial charge in [-0.25, -0.2) is 0 Å². The fraction of sp³-hybridized carbons (Fsp3) is 0. The lowest BCUT2D eigenvalue weighted by Gasteiger charge is -1.99. The minimum atomic E-state index is 0.829. The summed E-state index contributed by atoms with van der Waals surface area (Å²) < 4.78 is 0.944. The Hall–Kier alpha value is -2.00. The molecule has 0 fully saturated rings. The highest BCUT2D eigenvalue weighted by molar-refractivity contribution is 9.10. The van der Waals surface area contributed by atoms with Crippen LogP contribution in [-0.2, 0) is 0 Å². The second kappa shape index (κ2) is 5.33. The summed E-state index contributed by atoms with van der Waals surface area (Å²) in [4.78, 5) is 0. The van der Waals surface area contributed by atoms with Gasteiger partial charge in [-0.2, -0.15) is 5.11 Å². The van der Waals surface area contributed by atoms with E-state index in [0.29, 0.717) is 0 Å². The first-order valence-corrected chi connectivity index (χ1v) is 6.77. The summed E-state index contributed by atoms with van der Waals surface area (Å²) in [5, 5.41) is 10.9. The van der Waals surface area contributed by atoms with E-state index in [1.165, 1.54) is 10.8 Å². The topological polar surface area (TPSA) is 24.7 Å². The van der Waals surface area contributed by atoms with Gasteiger partial charge in [-0.1, -0.05) is 42.5 Å². The van der Waals surface area contributed by atoms with Crippen LogP contribution in [-0.4, -0.2) is 0 Å². The molecule has 3 rings (SSSR count). The summed E-state index contributed by atoms with van der Waals surface area (Å²) >= 11 is 3.46. The summed E-state index contributed by atoms with van der Waals surface area (Å²) in [5.74, 6) is 0. The summed E-state index contributed by atoms with van der Waals surface area (Å²) in [7, 11) is 0. The van der Waals surface area contributed by atoms with Gasteiger partial charge in [0.15, 0.2) is 0 Å². The fourth-order valence-electron chi connectivity index (χ4n) is 1.88. The van der Waals surface area contributed by atoms with E-state index in [9.17, 15) is 0 Å². The molecule has 0 radical (unpaired) electrons. The van der Waals surface area contributed by atoms with Crippen LogP contribution in [0.2, 0.25) is 0 Å². The smallest absolute Gasteiger partial charge is 0.0998 e. The van der Waals surface area contributed by atoms with Crippen molar-refractivity contribution >= 4 is 38.1 Å². The first-order valence-electron chi connectivity index (χ1n) is 5.98. The Morgan fingerprint density at radius 1 is 0.684 bits per heavy atom. The van der Waals surface area contributed by atoms with Gasteiger partial charge in [0, 0.05) is 4.47 Å². The Balaban J connectivity index is 1.95. The van der Waals surface area contributed by atoms with Crippen LogP contribution in [0.25, 0.3) is 10.8 Å². The molecule has 0 amide bonds. The normalized spacial score (nSPS) is 11.2. The molecular formula is C16H11BrN2. The van der Waals surface area contributed by atoms with Crippen LogP contribution >= 0.6 is 15.9 Å².